The third-order valence-corrected chi connectivity index (χ3v) is 2.39. The summed E-state index contributed by atoms with van der Waals surface area (Å²) in [4.78, 5) is 0. The minimum Gasteiger partial charge on any atom is -0.367 e. The lowest BCUT2D eigenvalue weighted by molar-refractivity contribution is -0.0309. The highest BCUT2D eigenvalue weighted by Gasteiger charge is 2.13. The quantitative estimate of drug-likeness (QED) is 0.457. The molecule has 6 nitrogen and oxygen atoms in total. The van der Waals surface area contributed by atoms with Crippen LogP contribution >= 0.6 is 7.60 Å². The van der Waals surface area contributed by atoms with Crippen LogP contribution in [0.1, 0.15) is 13.8 Å². The Hall–Kier alpha value is 0.0300. The molecule has 0 unspecified atom stereocenters. The summed E-state index contributed by atoms with van der Waals surface area (Å²) >= 11 is 0. The highest BCUT2D eigenvalue weighted by Crippen LogP contribution is 2.43. The molecule has 0 aliphatic carbocycles. The normalized spacial score (nSPS) is 11.1. The maximum atomic E-state index is 11.0. The standard InChI is InChI=1S/C5H13O3P.C2H7NO2/c1-4-7-9(3,6)8-5-2;3-1-2(4)5/h4-5H2,1-3H3;2,4-5H,1,3H2. The molecule has 0 amide bonds. The maximum Gasteiger partial charge on any atom is 0.327 e. The van der Waals surface area contributed by atoms with Gasteiger partial charge >= 0.3 is 7.60 Å². The minimum absolute atomic E-state index is 0.0833. The zero-order chi connectivity index (χ0) is 11.6. The summed E-state index contributed by atoms with van der Waals surface area (Å²) in [5, 5.41) is 15.6. The lowest BCUT2D eigenvalue weighted by Gasteiger charge is -2.10. The Balaban J connectivity index is 0. The van der Waals surface area contributed by atoms with Gasteiger partial charge in [-0.3, -0.25) is 4.57 Å². The van der Waals surface area contributed by atoms with E-state index in [1.165, 1.54) is 6.66 Å². The number of aliphatic hydroxyl groups excluding tert-OH is 1. The van der Waals surface area contributed by atoms with E-state index in [1.807, 2.05) is 0 Å². The van der Waals surface area contributed by atoms with E-state index < -0.39 is 13.9 Å². The van der Waals surface area contributed by atoms with Crippen molar-refractivity contribution in [2.24, 2.45) is 5.73 Å². The van der Waals surface area contributed by atoms with Crippen LogP contribution in [-0.4, -0.2) is 42.9 Å². The molecular formula is C7H20NO5P. The van der Waals surface area contributed by atoms with Crippen LogP contribution in [0.15, 0.2) is 0 Å². The van der Waals surface area contributed by atoms with Crippen LogP contribution < -0.4 is 5.73 Å². The second-order valence-corrected chi connectivity index (χ2v) is 4.38. The van der Waals surface area contributed by atoms with Crippen LogP contribution in [0.2, 0.25) is 0 Å². The lowest BCUT2D eigenvalue weighted by atomic mass is 10.7. The van der Waals surface area contributed by atoms with E-state index in [-0.39, 0.29) is 6.54 Å². The molecule has 14 heavy (non-hydrogen) atoms. The zero-order valence-corrected chi connectivity index (χ0v) is 9.74. The van der Waals surface area contributed by atoms with Gasteiger partial charge in [0.1, 0.15) is 0 Å². The summed E-state index contributed by atoms with van der Waals surface area (Å²) in [7, 11) is -2.69. The van der Waals surface area contributed by atoms with Crippen LogP contribution in [0, 0.1) is 0 Å². The number of hydrogen-bond donors (Lipinski definition) is 3. The van der Waals surface area contributed by atoms with Crippen LogP contribution in [0.5, 0.6) is 0 Å². The minimum atomic E-state index is -2.69. The van der Waals surface area contributed by atoms with E-state index in [9.17, 15) is 4.57 Å². The largest absolute Gasteiger partial charge is 0.367 e. The Bertz CT molecular complexity index is 154. The van der Waals surface area contributed by atoms with Gasteiger partial charge in [0.15, 0.2) is 6.29 Å². The lowest BCUT2D eigenvalue weighted by Crippen LogP contribution is -2.17. The fourth-order valence-corrected chi connectivity index (χ4v) is 1.52. The SMILES string of the molecule is CCOP(C)(=O)OCC.NCC(O)O. The van der Waals surface area contributed by atoms with Gasteiger partial charge in [0.25, 0.3) is 0 Å². The molecule has 0 saturated heterocycles. The zero-order valence-electron chi connectivity index (χ0n) is 8.84. The van der Waals surface area contributed by atoms with Crippen molar-refractivity contribution in [1.82, 2.24) is 0 Å². The molecule has 7 heteroatoms. The van der Waals surface area contributed by atoms with Gasteiger partial charge in [-0.25, -0.2) is 0 Å². The molecule has 0 aromatic heterocycles. The molecule has 4 N–H and O–H groups in total. The van der Waals surface area contributed by atoms with Gasteiger partial charge in [0.2, 0.25) is 0 Å². The Morgan fingerprint density at radius 2 is 1.57 bits per heavy atom. The third kappa shape index (κ3) is 14.5. The first-order valence-corrected chi connectivity index (χ1v) is 6.31. The molecule has 0 fully saturated rings. The molecule has 0 saturated carbocycles. The molecule has 0 aliphatic heterocycles. The smallest absolute Gasteiger partial charge is 0.327 e. The predicted molar refractivity (Wildman–Crippen MR) is 54.1 cm³/mol. The summed E-state index contributed by atoms with van der Waals surface area (Å²) in [5.41, 5.74) is 4.67. The van der Waals surface area contributed by atoms with Gasteiger partial charge in [0.05, 0.1) is 13.2 Å². The van der Waals surface area contributed by atoms with Crippen molar-refractivity contribution < 1.29 is 23.8 Å². The molecule has 0 atom stereocenters. The summed E-state index contributed by atoms with van der Waals surface area (Å²) < 4.78 is 20.6. The van der Waals surface area contributed by atoms with E-state index in [4.69, 9.17) is 19.3 Å². The van der Waals surface area contributed by atoms with Crippen molar-refractivity contribution in [3.8, 4) is 0 Å². The van der Waals surface area contributed by atoms with E-state index in [0.717, 1.165) is 0 Å². The Kier molecular flexibility index (Phi) is 11.3. The van der Waals surface area contributed by atoms with E-state index in [1.54, 1.807) is 13.8 Å². The first kappa shape index (κ1) is 16.5. The van der Waals surface area contributed by atoms with Crippen molar-refractivity contribution in [2.45, 2.75) is 20.1 Å². The number of nitrogens with two attached hydrogens (primary N) is 1. The highest BCUT2D eigenvalue weighted by molar-refractivity contribution is 7.52. The highest BCUT2D eigenvalue weighted by atomic mass is 31.2. The monoisotopic (exact) mass is 229 g/mol. The Morgan fingerprint density at radius 1 is 1.29 bits per heavy atom. The van der Waals surface area contributed by atoms with Gasteiger partial charge < -0.3 is 25.0 Å². The van der Waals surface area contributed by atoms with Gasteiger partial charge in [-0.15, -0.1) is 0 Å². The molecule has 0 aliphatic rings. The first-order valence-electron chi connectivity index (χ1n) is 4.32. The van der Waals surface area contributed by atoms with Crippen molar-refractivity contribution >= 4 is 7.60 Å². The molecule has 0 aromatic carbocycles. The van der Waals surface area contributed by atoms with Gasteiger partial charge in [-0.2, -0.15) is 0 Å². The van der Waals surface area contributed by atoms with E-state index in [2.05, 4.69) is 5.73 Å². The van der Waals surface area contributed by atoms with Gasteiger partial charge in [-0.1, -0.05) is 0 Å². The van der Waals surface area contributed by atoms with E-state index >= 15 is 0 Å². The average Bonchev–Trinajstić information content (AvgIpc) is 2.05. The Morgan fingerprint density at radius 3 is 1.71 bits per heavy atom. The fraction of sp³-hybridized carbons (Fsp3) is 1.00. The van der Waals surface area contributed by atoms with Crippen molar-refractivity contribution in [3.05, 3.63) is 0 Å². The van der Waals surface area contributed by atoms with Crippen molar-refractivity contribution in [2.75, 3.05) is 26.4 Å². The molecule has 0 rings (SSSR count). The third-order valence-electron chi connectivity index (χ3n) is 0.938. The second kappa shape index (κ2) is 9.58. The second-order valence-electron chi connectivity index (χ2n) is 2.32. The predicted octanol–water partition coefficient (Wildman–Crippen LogP) is 0.138. The summed E-state index contributed by atoms with van der Waals surface area (Å²) in [6.07, 6.45) is -1.34. The van der Waals surface area contributed by atoms with Crippen LogP contribution in [0.3, 0.4) is 0 Å². The van der Waals surface area contributed by atoms with Crippen LogP contribution in [-0.2, 0) is 13.6 Å². The molecular weight excluding hydrogens is 209 g/mol. The topological polar surface area (TPSA) is 102 Å². The average molecular weight is 229 g/mol. The summed E-state index contributed by atoms with van der Waals surface area (Å²) in [5.74, 6) is 0. The number of hydrogen-bond acceptors (Lipinski definition) is 6. The molecule has 0 bridgehead atoms. The number of rotatable bonds is 5. The maximum absolute atomic E-state index is 11.0. The molecule has 0 radical (unpaired) electrons. The molecule has 0 aromatic rings. The molecule has 0 heterocycles. The van der Waals surface area contributed by atoms with E-state index in [0.29, 0.717) is 13.2 Å². The first-order chi connectivity index (χ1) is 6.39. The number of aliphatic hydroxyl groups is 2. The van der Waals surface area contributed by atoms with Crippen molar-refractivity contribution in [3.63, 3.8) is 0 Å². The molecule has 88 valence electrons. The van der Waals surface area contributed by atoms with Crippen LogP contribution in [0.4, 0.5) is 0 Å². The summed E-state index contributed by atoms with van der Waals surface area (Å²) in [6, 6.07) is 0. The van der Waals surface area contributed by atoms with Crippen molar-refractivity contribution in [1.29, 1.82) is 0 Å². The Labute approximate surface area is 84.6 Å². The van der Waals surface area contributed by atoms with Gasteiger partial charge in [0, 0.05) is 13.2 Å². The summed E-state index contributed by atoms with van der Waals surface area (Å²) in [6.45, 7) is 5.84. The van der Waals surface area contributed by atoms with Crippen LogP contribution in [0.25, 0.3) is 0 Å². The van der Waals surface area contributed by atoms with Gasteiger partial charge in [-0.05, 0) is 13.8 Å². The fourth-order valence-electron chi connectivity index (χ4n) is 0.506. The molecule has 0 spiro atoms.